The predicted octanol–water partition coefficient (Wildman–Crippen LogP) is 2.72. The van der Waals surface area contributed by atoms with Gasteiger partial charge in [-0.05, 0) is 42.3 Å². The van der Waals surface area contributed by atoms with Crippen molar-refractivity contribution in [3.8, 4) is 17.2 Å². The molecule has 0 aliphatic heterocycles. The smallest absolute Gasteiger partial charge is 0.197 e. The van der Waals surface area contributed by atoms with Crippen molar-refractivity contribution >= 4 is 0 Å². The summed E-state index contributed by atoms with van der Waals surface area (Å²) in [6.07, 6.45) is -0.164. The van der Waals surface area contributed by atoms with Gasteiger partial charge in [0.1, 0.15) is 5.75 Å². The maximum absolute atomic E-state index is 14.3. The molecular formula is C19H24FNO4. The molecule has 2 aromatic rings. The number of aliphatic hydroxyl groups excluding tert-OH is 1. The van der Waals surface area contributed by atoms with Crippen LogP contribution in [0.3, 0.4) is 0 Å². The van der Waals surface area contributed by atoms with E-state index in [1.165, 1.54) is 14.2 Å². The fourth-order valence-electron chi connectivity index (χ4n) is 2.53. The lowest BCUT2D eigenvalue weighted by Crippen LogP contribution is -2.24. The van der Waals surface area contributed by atoms with Crippen molar-refractivity contribution in [2.24, 2.45) is 0 Å². The van der Waals surface area contributed by atoms with Gasteiger partial charge in [-0.15, -0.1) is 0 Å². The summed E-state index contributed by atoms with van der Waals surface area (Å²) >= 11 is 0. The van der Waals surface area contributed by atoms with Gasteiger partial charge in [-0.1, -0.05) is 18.2 Å². The van der Waals surface area contributed by atoms with E-state index in [1.54, 1.807) is 31.4 Å². The zero-order valence-electron chi connectivity index (χ0n) is 14.7. The van der Waals surface area contributed by atoms with Crippen LogP contribution in [-0.4, -0.2) is 39.5 Å². The molecule has 0 aliphatic rings. The van der Waals surface area contributed by atoms with E-state index in [9.17, 15) is 9.50 Å². The lowest BCUT2D eigenvalue weighted by atomic mass is 10.1. The Morgan fingerprint density at radius 1 is 1.00 bits per heavy atom. The molecule has 0 spiro atoms. The lowest BCUT2D eigenvalue weighted by Gasteiger charge is -2.14. The molecule has 1 unspecified atom stereocenters. The fourth-order valence-corrected chi connectivity index (χ4v) is 2.53. The summed E-state index contributed by atoms with van der Waals surface area (Å²) in [6, 6.07) is 10.6. The van der Waals surface area contributed by atoms with Gasteiger partial charge in [0, 0.05) is 6.54 Å². The highest BCUT2D eigenvalue weighted by atomic mass is 19.1. The molecule has 0 saturated carbocycles. The number of nitrogens with one attached hydrogen (secondary N) is 1. The highest BCUT2D eigenvalue weighted by Gasteiger charge is 2.14. The molecule has 136 valence electrons. The van der Waals surface area contributed by atoms with Gasteiger partial charge >= 0.3 is 0 Å². The molecule has 25 heavy (non-hydrogen) atoms. The van der Waals surface area contributed by atoms with Gasteiger partial charge in [0.2, 0.25) is 0 Å². The number of benzene rings is 2. The minimum atomic E-state index is -0.638. The summed E-state index contributed by atoms with van der Waals surface area (Å²) < 4.78 is 29.6. The molecule has 2 rings (SSSR count). The van der Waals surface area contributed by atoms with Gasteiger partial charge in [-0.25, -0.2) is 4.39 Å². The van der Waals surface area contributed by atoms with Crippen LogP contribution in [0, 0.1) is 5.82 Å². The lowest BCUT2D eigenvalue weighted by molar-refractivity contribution is 0.175. The van der Waals surface area contributed by atoms with Crippen molar-refractivity contribution in [3.63, 3.8) is 0 Å². The second-order valence-electron chi connectivity index (χ2n) is 5.52. The molecule has 0 bridgehead atoms. The molecule has 6 heteroatoms. The Bertz CT molecular complexity index is 676. The van der Waals surface area contributed by atoms with Crippen molar-refractivity contribution in [1.29, 1.82) is 0 Å². The van der Waals surface area contributed by atoms with E-state index < -0.39 is 11.9 Å². The maximum Gasteiger partial charge on any atom is 0.197 e. The predicted molar refractivity (Wildman–Crippen MR) is 94.0 cm³/mol. The average Bonchev–Trinajstić information content (AvgIpc) is 2.65. The third-order valence-corrected chi connectivity index (χ3v) is 3.97. The molecule has 0 saturated heterocycles. The standard InChI is InChI=1S/C19H24FNO4/c1-23-15-7-4-13(5-8-15)16(22)12-21-11-10-14-6-9-17(24-2)19(25-3)18(14)20/h4-9,16,21-22H,10-12H2,1-3H3. The van der Waals surface area contributed by atoms with Gasteiger partial charge in [0.15, 0.2) is 17.3 Å². The number of aliphatic hydroxyl groups is 1. The first kappa shape index (κ1) is 19.0. The fraction of sp³-hybridized carbons (Fsp3) is 0.368. The molecular weight excluding hydrogens is 325 g/mol. The quantitative estimate of drug-likeness (QED) is 0.682. The van der Waals surface area contributed by atoms with E-state index in [4.69, 9.17) is 14.2 Å². The third-order valence-electron chi connectivity index (χ3n) is 3.97. The summed E-state index contributed by atoms with van der Waals surface area (Å²) in [5.74, 6) is 0.803. The molecule has 1 atom stereocenters. The SMILES string of the molecule is COc1ccc(C(O)CNCCc2ccc(OC)c(OC)c2F)cc1. The number of hydrogen-bond acceptors (Lipinski definition) is 5. The average molecular weight is 349 g/mol. The summed E-state index contributed by atoms with van der Waals surface area (Å²) in [4.78, 5) is 0. The first-order valence-corrected chi connectivity index (χ1v) is 8.02. The van der Waals surface area contributed by atoms with Crippen LogP contribution in [0.15, 0.2) is 36.4 Å². The van der Waals surface area contributed by atoms with Gasteiger partial charge in [-0.3, -0.25) is 0 Å². The van der Waals surface area contributed by atoms with Crippen molar-refractivity contribution in [1.82, 2.24) is 5.32 Å². The Morgan fingerprint density at radius 2 is 1.72 bits per heavy atom. The Morgan fingerprint density at radius 3 is 2.32 bits per heavy atom. The Hall–Kier alpha value is -2.31. The highest BCUT2D eigenvalue weighted by Crippen LogP contribution is 2.32. The van der Waals surface area contributed by atoms with E-state index in [1.807, 2.05) is 12.1 Å². The van der Waals surface area contributed by atoms with Gasteiger partial charge in [0.05, 0.1) is 27.4 Å². The van der Waals surface area contributed by atoms with E-state index in [-0.39, 0.29) is 5.75 Å². The summed E-state index contributed by atoms with van der Waals surface area (Å²) in [6.45, 7) is 0.904. The molecule has 0 radical (unpaired) electrons. The van der Waals surface area contributed by atoms with Crippen molar-refractivity contribution in [3.05, 3.63) is 53.3 Å². The van der Waals surface area contributed by atoms with Gasteiger partial charge < -0.3 is 24.6 Å². The number of hydrogen-bond donors (Lipinski definition) is 2. The number of rotatable bonds is 9. The highest BCUT2D eigenvalue weighted by molar-refractivity contribution is 5.44. The first-order valence-electron chi connectivity index (χ1n) is 8.02. The number of methoxy groups -OCH3 is 3. The second kappa shape index (κ2) is 9.25. The molecule has 0 fully saturated rings. The molecule has 0 amide bonds. The largest absolute Gasteiger partial charge is 0.497 e. The van der Waals surface area contributed by atoms with Crippen LogP contribution >= 0.6 is 0 Å². The minimum absolute atomic E-state index is 0.110. The second-order valence-corrected chi connectivity index (χ2v) is 5.52. The van der Waals surface area contributed by atoms with Crippen LogP contribution in [-0.2, 0) is 6.42 Å². The van der Waals surface area contributed by atoms with Crippen LogP contribution in [0.2, 0.25) is 0 Å². The summed E-state index contributed by atoms with van der Waals surface area (Å²) in [5.41, 5.74) is 1.33. The van der Waals surface area contributed by atoms with E-state index in [2.05, 4.69) is 5.32 Å². The Labute approximate surface area is 147 Å². The van der Waals surface area contributed by atoms with Crippen molar-refractivity contribution in [2.75, 3.05) is 34.4 Å². The molecule has 0 heterocycles. The molecule has 0 aromatic heterocycles. The zero-order chi connectivity index (χ0) is 18.2. The molecule has 2 N–H and O–H groups in total. The maximum atomic E-state index is 14.3. The molecule has 0 aliphatic carbocycles. The molecule has 2 aromatic carbocycles. The normalized spacial score (nSPS) is 11.9. The van der Waals surface area contributed by atoms with Gasteiger partial charge in [0.25, 0.3) is 0 Å². The monoisotopic (exact) mass is 349 g/mol. The van der Waals surface area contributed by atoms with Crippen LogP contribution in [0.1, 0.15) is 17.2 Å². The van der Waals surface area contributed by atoms with Crippen LogP contribution < -0.4 is 19.5 Å². The van der Waals surface area contributed by atoms with Crippen molar-refractivity contribution < 1.29 is 23.7 Å². The summed E-state index contributed by atoms with van der Waals surface area (Å²) in [5, 5.41) is 13.3. The number of ether oxygens (including phenoxy) is 3. The summed E-state index contributed by atoms with van der Waals surface area (Å²) in [7, 11) is 4.48. The zero-order valence-corrected chi connectivity index (χ0v) is 14.7. The topological polar surface area (TPSA) is 60.0 Å². The van der Waals surface area contributed by atoms with Crippen LogP contribution in [0.4, 0.5) is 4.39 Å². The van der Waals surface area contributed by atoms with E-state index in [0.717, 1.165) is 11.3 Å². The third kappa shape index (κ3) is 4.84. The Balaban J connectivity index is 1.86. The van der Waals surface area contributed by atoms with E-state index >= 15 is 0 Å². The molecule has 5 nitrogen and oxygen atoms in total. The van der Waals surface area contributed by atoms with Crippen LogP contribution in [0.25, 0.3) is 0 Å². The minimum Gasteiger partial charge on any atom is -0.497 e. The van der Waals surface area contributed by atoms with Crippen LogP contribution in [0.5, 0.6) is 17.2 Å². The van der Waals surface area contributed by atoms with Crippen molar-refractivity contribution in [2.45, 2.75) is 12.5 Å². The van der Waals surface area contributed by atoms with Gasteiger partial charge in [-0.2, -0.15) is 0 Å². The Kier molecular flexibility index (Phi) is 7.03. The first-order chi connectivity index (χ1) is 12.1. The van der Waals surface area contributed by atoms with E-state index in [0.29, 0.717) is 30.8 Å². The number of halogens is 1.